The summed E-state index contributed by atoms with van der Waals surface area (Å²) in [7, 11) is 0. The minimum absolute atomic E-state index is 0. The zero-order chi connectivity index (χ0) is 18.7. The van der Waals surface area contributed by atoms with Gasteiger partial charge < -0.3 is 15.4 Å². The third-order valence-electron chi connectivity index (χ3n) is 5.86. The first-order valence-electron chi connectivity index (χ1n) is 9.62. The van der Waals surface area contributed by atoms with Gasteiger partial charge >= 0.3 is 0 Å². The Kier molecular flexibility index (Phi) is 7.00. The Morgan fingerprint density at radius 3 is 2.61 bits per heavy atom. The monoisotopic (exact) mass is 420 g/mol. The van der Waals surface area contributed by atoms with E-state index in [0.29, 0.717) is 37.6 Å². The molecule has 0 saturated carbocycles. The van der Waals surface area contributed by atoms with Gasteiger partial charge in [-0.3, -0.25) is 4.79 Å². The van der Waals surface area contributed by atoms with Crippen LogP contribution in [0.5, 0.6) is 0 Å². The lowest BCUT2D eigenvalue weighted by atomic mass is 9.73. The number of carbonyl (C=O) groups excluding carboxylic acids is 1. The quantitative estimate of drug-likeness (QED) is 0.790. The van der Waals surface area contributed by atoms with Crippen molar-refractivity contribution in [2.24, 2.45) is 0 Å². The van der Waals surface area contributed by atoms with Crippen LogP contribution in [0.15, 0.2) is 48.5 Å². The number of rotatable bonds is 4. The molecule has 6 heteroatoms. The summed E-state index contributed by atoms with van der Waals surface area (Å²) in [6, 6.07) is 16.3. The first-order valence-corrected chi connectivity index (χ1v) is 10.0. The van der Waals surface area contributed by atoms with Gasteiger partial charge in [0.2, 0.25) is 5.91 Å². The van der Waals surface area contributed by atoms with E-state index in [2.05, 4.69) is 34.9 Å². The Balaban J connectivity index is 0.00000225. The van der Waals surface area contributed by atoms with Crippen LogP contribution in [0.2, 0.25) is 5.02 Å². The fourth-order valence-corrected chi connectivity index (χ4v) is 4.40. The molecule has 2 N–H and O–H groups in total. The Hall–Kier alpha value is -1.59. The fraction of sp³-hybridized carbons (Fsp3) is 0.409. The van der Waals surface area contributed by atoms with Crippen molar-refractivity contribution in [3.05, 3.63) is 70.2 Å². The van der Waals surface area contributed by atoms with Crippen LogP contribution in [0.1, 0.15) is 35.6 Å². The third-order valence-corrected chi connectivity index (χ3v) is 6.11. The maximum Gasteiger partial charge on any atom is 0.230 e. The number of nitrogens with one attached hydrogen (secondary N) is 2. The second kappa shape index (κ2) is 9.27. The number of hydrogen-bond acceptors (Lipinski definition) is 3. The van der Waals surface area contributed by atoms with Crippen LogP contribution in [0.4, 0.5) is 0 Å². The second-order valence-electron chi connectivity index (χ2n) is 7.37. The van der Waals surface area contributed by atoms with Crippen LogP contribution >= 0.6 is 24.0 Å². The molecule has 1 unspecified atom stereocenters. The fourth-order valence-electron chi connectivity index (χ4n) is 4.27. The van der Waals surface area contributed by atoms with Crippen LogP contribution in [0, 0.1) is 0 Å². The largest absolute Gasteiger partial charge is 0.381 e. The summed E-state index contributed by atoms with van der Waals surface area (Å²) < 4.78 is 5.54. The number of amides is 1. The molecule has 0 radical (unpaired) electrons. The highest BCUT2D eigenvalue weighted by Crippen LogP contribution is 2.36. The first kappa shape index (κ1) is 21.1. The molecule has 4 rings (SSSR count). The average molecular weight is 421 g/mol. The number of carbonyl (C=O) groups is 1. The maximum absolute atomic E-state index is 13.3. The molecule has 0 bridgehead atoms. The molecule has 0 aromatic heterocycles. The molecule has 1 fully saturated rings. The van der Waals surface area contributed by atoms with Gasteiger partial charge in [-0.2, -0.15) is 0 Å². The van der Waals surface area contributed by atoms with Crippen molar-refractivity contribution in [3.63, 3.8) is 0 Å². The summed E-state index contributed by atoms with van der Waals surface area (Å²) in [5, 5.41) is 7.45. The highest BCUT2D eigenvalue weighted by molar-refractivity contribution is 6.30. The molecule has 1 amide bonds. The lowest BCUT2D eigenvalue weighted by Gasteiger charge is -2.37. The van der Waals surface area contributed by atoms with Gasteiger partial charge in [0, 0.05) is 30.8 Å². The van der Waals surface area contributed by atoms with Gasteiger partial charge in [0.05, 0.1) is 5.41 Å². The predicted molar refractivity (Wildman–Crippen MR) is 114 cm³/mol. The molecule has 2 aromatic rings. The smallest absolute Gasteiger partial charge is 0.230 e. The van der Waals surface area contributed by atoms with E-state index in [1.165, 1.54) is 11.1 Å². The lowest BCUT2D eigenvalue weighted by Crippen LogP contribution is -2.50. The van der Waals surface area contributed by atoms with Gasteiger partial charge in [0.1, 0.15) is 0 Å². The molecule has 2 aliphatic heterocycles. The topological polar surface area (TPSA) is 50.4 Å². The van der Waals surface area contributed by atoms with Gasteiger partial charge in [0.25, 0.3) is 0 Å². The van der Waals surface area contributed by atoms with Crippen molar-refractivity contribution in [2.45, 2.75) is 30.7 Å². The van der Waals surface area contributed by atoms with E-state index >= 15 is 0 Å². The number of ether oxygens (including phenoxy) is 1. The number of hydrogen-bond donors (Lipinski definition) is 2. The summed E-state index contributed by atoms with van der Waals surface area (Å²) in [6.45, 7) is 2.72. The van der Waals surface area contributed by atoms with Crippen LogP contribution < -0.4 is 10.6 Å². The van der Waals surface area contributed by atoms with E-state index in [1.807, 2.05) is 24.3 Å². The van der Waals surface area contributed by atoms with Gasteiger partial charge in [0.15, 0.2) is 0 Å². The summed E-state index contributed by atoms with van der Waals surface area (Å²) in [6.07, 6.45) is 2.41. The van der Waals surface area contributed by atoms with E-state index in [9.17, 15) is 4.79 Å². The molecule has 0 spiro atoms. The molecular weight excluding hydrogens is 395 g/mol. The van der Waals surface area contributed by atoms with Gasteiger partial charge in [-0.15, -0.1) is 12.4 Å². The van der Waals surface area contributed by atoms with Gasteiger partial charge in [-0.1, -0.05) is 48.0 Å². The minimum atomic E-state index is -0.545. The summed E-state index contributed by atoms with van der Waals surface area (Å²) in [5.74, 6) is 0.0815. The van der Waals surface area contributed by atoms with E-state index in [-0.39, 0.29) is 24.4 Å². The Morgan fingerprint density at radius 1 is 1.14 bits per heavy atom. The normalized spacial score (nSPS) is 20.5. The maximum atomic E-state index is 13.3. The molecule has 1 saturated heterocycles. The molecular formula is C22H26Cl2N2O2. The van der Waals surface area contributed by atoms with Crippen molar-refractivity contribution >= 4 is 29.9 Å². The SMILES string of the molecule is Cl.O=C(NCC1NCCc2ccccc21)C1(c2ccc(Cl)cc2)CCOCC1. The zero-order valence-electron chi connectivity index (χ0n) is 15.7. The second-order valence-corrected chi connectivity index (χ2v) is 7.80. The summed E-state index contributed by atoms with van der Waals surface area (Å²) in [5.41, 5.74) is 3.13. The lowest BCUT2D eigenvalue weighted by molar-refractivity contribution is -0.130. The Labute approximate surface area is 177 Å². The Bertz CT molecular complexity index is 804. The van der Waals surface area contributed by atoms with E-state index in [1.54, 1.807) is 0 Å². The number of benzene rings is 2. The number of fused-ring (bicyclic) bond motifs is 1. The molecule has 2 aromatic carbocycles. The van der Waals surface area contributed by atoms with Crippen LogP contribution in [-0.4, -0.2) is 32.2 Å². The predicted octanol–water partition coefficient (Wildman–Crippen LogP) is 3.81. The van der Waals surface area contributed by atoms with Crippen molar-refractivity contribution in [3.8, 4) is 0 Å². The van der Waals surface area contributed by atoms with Crippen molar-refractivity contribution in [2.75, 3.05) is 26.3 Å². The molecule has 4 nitrogen and oxygen atoms in total. The molecule has 2 heterocycles. The molecule has 28 heavy (non-hydrogen) atoms. The Morgan fingerprint density at radius 2 is 1.86 bits per heavy atom. The van der Waals surface area contributed by atoms with Crippen LogP contribution in [0.25, 0.3) is 0 Å². The molecule has 1 atom stereocenters. The van der Waals surface area contributed by atoms with E-state index < -0.39 is 5.41 Å². The minimum Gasteiger partial charge on any atom is -0.381 e. The standard InChI is InChI=1S/C22H25ClN2O2.ClH/c23-18-7-5-17(6-8-18)22(10-13-27-14-11-22)21(26)25-15-20-19-4-2-1-3-16(19)9-12-24-20;/h1-8,20,24H,9-15H2,(H,25,26);1H. The average Bonchev–Trinajstić information content (AvgIpc) is 2.73. The third kappa shape index (κ3) is 4.20. The van der Waals surface area contributed by atoms with E-state index in [4.69, 9.17) is 16.3 Å². The van der Waals surface area contributed by atoms with Gasteiger partial charge in [-0.05, 0) is 54.6 Å². The molecule has 150 valence electrons. The summed E-state index contributed by atoms with van der Waals surface area (Å²) >= 11 is 6.05. The van der Waals surface area contributed by atoms with E-state index in [0.717, 1.165) is 18.5 Å². The van der Waals surface area contributed by atoms with Crippen molar-refractivity contribution in [1.29, 1.82) is 0 Å². The summed E-state index contributed by atoms with van der Waals surface area (Å²) in [4.78, 5) is 13.3. The van der Waals surface area contributed by atoms with Crippen LogP contribution in [-0.2, 0) is 21.4 Å². The van der Waals surface area contributed by atoms with Crippen LogP contribution in [0.3, 0.4) is 0 Å². The number of halogens is 2. The first-order chi connectivity index (χ1) is 13.2. The zero-order valence-corrected chi connectivity index (χ0v) is 17.3. The van der Waals surface area contributed by atoms with Crippen molar-refractivity contribution < 1.29 is 9.53 Å². The molecule has 2 aliphatic rings. The highest BCUT2D eigenvalue weighted by Gasteiger charge is 2.41. The highest BCUT2D eigenvalue weighted by atomic mass is 35.5. The van der Waals surface area contributed by atoms with Crippen molar-refractivity contribution in [1.82, 2.24) is 10.6 Å². The molecule has 0 aliphatic carbocycles. The van der Waals surface area contributed by atoms with Gasteiger partial charge in [-0.25, -0.2) is 0 Å².